The van der Waals surface area contributed by atoms with Gasteiger partial charge in [0, 0.05) is 21.7 Å². The molecular formula is C15H18Cl2N2OS. The smallest absolute Gasteiger partial charge is 0.257 e. The zero-order chi connectivity index (χ0) is 15.2. The molecule has 0 spiro atoms. The van der Waals surface area contributed by atoms with Gasteiger partial charge in [-0.2, -0.15) is 0 Å². The van der Waals surface area contributed by atoms with Crippen molar-refractivity contribution in [2.75, 3.05) is 0 Å². The molecule has 1 amide bonds. The van der Waals surface area contributed by atoms with Crippen molar-refractivity contribution in [3.8, 4) is 0 Å². The van der Waals surface area contributed by atoms with Crippen molar-refractivity contribution in [3.63, 3.8) is 0 Å². The zero-order valence-corrected chi connectivity index (χ0v) is 14.0. The second-order valence-corrected chi connectivity index (χ2v) is 6.56. The maximum Gasteiger partial charge on any atom is 0.257 e. The van der Waals surface area contributed by atoms with Gasteiger partial charge in [0.15, 0.2) is 5.11 Å². The number of carbonyl (C=O) groups is 1. The van der Waals surface area contributed by atoms with Gasteiger partial charge in [-0.1, -0.05) is 48.9 Å². The summed E-state index contributed by atoms with van der Waals surface area (Å²) < 4.78 is 0. The zero-order valence-electron chi connectivity index (χ0n) is 11.6. The lowest BCUT2D eigenvalue weighted by atomic mass is 10.1. The molecule has 21 heavy (non-hydrogen) atoms. The molecule has 1 aromatic rings. The van der Waals surface area contributed by atoms with Crippen LogP contribution in [0.1, 0.15) is 48.9 Å². The Balaban J connectivity index is 1.90. The van der Waals surface area contributed by atoms with Crippen molar-refractivity contribution in [1.82, 2.24) is 10.6 Å². The van der Waals surface area contributed by atoms with Gasteiger partial charge < -0.3 is 5.32 Å². The molecule has 1 saturated carbocycles. The van der Waals surface area contributed by atoms with Crippen molar-refractivity contribution < 1.29 is 4.79 Å². The van der Waals surface area contributed by atoms with Gasteiger partial charge in [-0.3, -0.25) is 10.1 Å². The van der Waals surface area contributed by atoms with Crippen LogP contribution >= 0.6 is 35.4 Å². The van der Waals surface area contributed by atoms with Crippen LogP contribution in [-0.4, -0.2) is 17.1 Å². The van der Waals surface area contributed by atoms with E-state index in [4.69, 9.17) is 35.4 Å². The van der Waals surface area contributed by atoms with E-state index in [1.165, 1.54) is 25.7 Å². The molecule has 0 heterocycles. The van der Waals surface area contributed by atoms with Crippen LogP contribution in [0.2, 0.25) is 10.0 Å². The Morgan fingerprint density at radius 1 is 1.05 bits per heavy atom. The summed E-state index contributed by atoms with van der Waals surface area (Å²) in [7, 11) is 0. The Morgan fingerprint density at radius 2 is 1.62 bits per heavy atom. The van der Waals surface area contributed by atoms with E-state index < -0.39 is 0 Å². The molecule has 0 saturated heterocycles. The first kappa shape index (κ1) is 16.5. The molecule has 1 aromatic carbocycles. The number of nitrogens with one attached hydrogen (secondary N) is 2. The number of carbonyl (C=O) groups excluding carboxylic acids is 1. The third kappa shape index (κ3) is 5.46. The van der Waals surface area contributed by atoms with E-state index >= 15 is 0 Å². The molecule has 0 aromatic heterocycles. The first-order valence-corrected chi connectivity index (χ1v) is 8.29. The standard InChI is InChI=1S/C15H18Cl2N2OS/c16-11-7-10(8-12(17)9-11)14(20)19-15(21)18-13-5-3-1-2-4-6-13/h7-9,13H,1-6H2,(H2,18,19,20,21). The Hall–Kier alpha value is -0.840. The van der Waals surface area contributed by atoms with Crippen LogP contribution in [0.15, 0.2) is 18.2 Å². The molecule has 114 valence electrons. The van der Waals surface area contributed by atoms with E-state index in [9.17, 15) is 4.79 Å². The van der Waals surface area contributed by atoms with Crippen LogP contribution in [0.5, 0.6) is 0 Å². The fourth-order valence-electron chi connectivity index (χ4n) is 2.51. The van der Waals surface area contributed by atoms with E-state index in [0.717, 1.165) is 12.8 Å². The van der Waals surface area contributed by atoms with E-state index in [-0.39, 0.29) is 5.91 Å². The Morgan fingerprint density at radius 3 is 2.19 bits per heavy atom. The molecule has 0 aliphatic heterocycles. The minimum Gasteiger partial charge on any atom is -0.360 e. The normalized spacial score (nSPS) is 16.1. The first-order valence-electron chi connectivity index (χ1n) is 7.12. The van der Waals surface area contributed by atoms with Crippen molar-refractivity contribution >= 4 is 46.4 Å². The summed E-state index contributed by atoms with van der Waals surface area (Å²) in [6.07, 6.45) is 7.16. The van der Waals surface area contributed by atoms with Gasteiger partial charge in [-0.15, -0.1) is 0 Å². The lowest BCUT2D eigenvalue weighted by molar-refractivity contribution is 0.0976. The molecule has 1 aliphatic carbocycles. The van der Waals surface area contributed by atoms with Crippen LogP contribution in [0.25, 0.3) is 0 Å². The topological polar surface area (TPSA) is 41.1 Å². The molecule has 6 heteroatoms. The van der Waals surface area contributed by atoms with E-state index in [1.54, 1.807) is 18.2 Å². The monoisotopic (exact) mass is 344 g/mol. The number of hydrogen-bond donors (Lipinski definition) is 2. The summed E-state index contributed by atoms with van der Waals surface area (Å²) in [4.78, 5) is 12.1. The SMILES string of the molecule is O=C(NC(=S)NC1CCCCCC1)c1cc(Cl)cc(Cl)c1. The van der Waals surface area contributed by atoms with Crippen LogP contribution in [-0.2, 0) is 0 Å². The third-order valence-corrected chi connectivity index (χ3v) is 4.20. The fourth-order valence-corrected chi connectivity index (χ4v) is 3.29. The number of hydrogen-bond acceptors (Lipinski definition) is 2. The highest BCUT2D eigenvalue weighted by Gasteiger charge is 2.15. The largest absolute Gasteiger partial charge is 0.360 e. The van der Waals surface area contributed by atoms with Crippen molar-refractivity contribution in [1.29, 1.82) is 0 Å². The van der Waals surface area contributed by atoms with Crippen LogP contribution < -0.4 is 10.6 Å². The second kappa shape index (κ2) is 7.97. The summed E-state index contributed by atoms with van der Waals surface area (Å²) in [5, 5.41) is 7.12. The van der Waals surface area contributed by atoms with E-state index in [0.29, 0.717) is 26.8 Å². The number of halogens is 2. The highest BCUT2D eigenvalue weighted by molar-refractivity contribution is 7.80. The Bertz CT molecular complexity index is 508. The molecule has 0 bridgehead atoms. The molecular weight excluding hydrogens is 327 g/mol. The van der Waals surface area contributed by atoms with Gasteiger partial charge in [0.1, 0.15) is 0 Å². The van der Waals surface area contributed by atoms with Gasteiger partial charge in [0.2, 0.25) is 0 Å². The van der Waals surface area contributed by atoms with Crippen molar-refractivity contribution in [2.24, 2.45) is 0 Å². The molecule has 0 unspecified atom stereocenters. The molecule has 0 atom stereocenters. The summed E-state index contributed by atoms with van der Waals surface area (Å²) in [6, 6.07) is 5.07. The van der Waals surface area contributed by atoms with Gasteiger partial charge in [-0.25, -0.2) is 0 Å². The highest BCUT2D eigenvalue weighted by Crippen LogP contribution is 2.19. The summed E-state index contributed by atoms with van der Waals surface area (Å²) in [5.41, 5.74) is 0.400. The minimum absolute atomic E-state index is 0.300. The predicted molar refractivity (Wildman–Crippen MR) is 91.2 cm³/mol. The van der Waals surface area contributed by atoms with Crippen LogP contribution in [0.3, 0.4) is 0 Å². The number of benzene rings is 1. The lowest BCUT2D eigenvalue weighted by Gasteiger charge is -2.18. The van der Waals surface area contributed by atoms with Crippen molar-refractivity contribution in [2.45, 2.75) is 44.6 Å². The van der Waals surface area contributed by atoms with Crippen molar-refractivity contribution in [3.05, 3.63) is 33.8 Å². The van der Waals surface area contributed by atoms with E-state index in [2.05, 4.69) is 10.6 Å². The second-order valence-electron chi connectivity index (χ2n) is 5.27. The maximum atomic E-state index is 12.1. The number of rotatable bonds is 2. The summed E-state index contributed by atoms with van der Waals surface area (Å²) in [5.74, 6) is -0.300. The average Bonchev–Trinajstić information content (AvgIpc) is 2.66. The summed E-state index contributed by atoms with van der Waals surface area (Å²) >= 11 is 17.0. The maximum absolute atomic E-state index is 12.1. The quantitative estimate of drug-likeness (QED) is 0.620. The number of thiocarbonyl (C=S) groups is 1. The Labute approximate surface area is 140 Å². The van der Waals surface area contributed by atoms with Gasteiger partial charge >= 0.3 is 0 Å². The Kier molecular flexibility index (Phi) is 6.27. The van der Waals surface area contributed by atoms with E-state index in [1.807, 2.05) is 0 Å². The average molecular weight is 345 g/mol. The molecule has 1 aliphatic rings. The molecule has 2 N–H and O–H groups in total. The number of amides is 1. The fraction of sp³-hybridized carbons (Fsp3) is 0.467. The highest BCUT2D eigenvalue weighted by atomic mass is 35.5. The molecule has 2 rings (SSSR count). The van der Waals surface area contributed by atoms with Crippen LogP contribution in [0, 0.1) is 0 Å². The molecule has 1 fully saturated rings. The third-order valence-electron chi connectivity index (χ3n) is 3.54. The van der Waals surface area contributed by atoms with Gasteiger partial charge in [-0.05, 0) is 43.3 Å². The minimum atomic E-state index is -0.300. The summed E-state index contributed by atoms with van der Waals surface area (Å²) in [6.45, 7) is 0. The predicted octanol–water partition coefficient (Wildman–Crippen LogP) is 4.32. The first-order chi connectivity index (χ1) is 10.0. The molecule has 3 nitrogen and oxygen atoms in total. The molecule has 0 radical (unpaired) electrons. The van der Waals surface area contributed by atoms with Gasteiger partial charge in [0.05, 0.1) is 0 Å². The lowest BCUT2D eigenvalue weighted by Crippen LogP contribution is -2.44. The van der Waals surface area contributed by atoms with Gasteiger partial charge in [0.25, 0.3) is 5.91 Å². The van der Waals surface area contributed by atoms with Crippen LogP contribution in [0.4, 0.5) is 0 Å².